The minimum atomic E-state index is -0.942. The first-order valence-electron chi connectivity index (χ1n) is 12.2. The van der Waals surface area contributed by atoms with E-state index in [-0.39, 0.29) is 11.3 Å². The van der Waals surface area contributed by atoms with E-state index in [0.717, 1.165) is 49.0 Å². The van der Waals surface area contributed by atoms with Gasteiger partial charge in [0, 0.05) is 5.41 Å². The van der Waals surface area contributed by atoms with Crippen LogP contribution in [-0.4, -0.2) is 16.0 Å². The van der Waals surface area contributed by atoms with Crippen LogP contribution in [0, 0.1) is 11.3 Å². The van der Waals surface area contributed by atoms with Crippen LogP contribution in [0.15, 0.2) is 18.2 Å². The summed E-state index contributed by atoms with van der Waals surface area (Å²) in [6, 6.07) is 6.13. The van der Waals surface area contributed by atoms with Crippen LogP contribution in [0.5, 0.6) is 0 Å². The van der Waals surface area contributed by atoms with Crippen molar-refractivity contribution in [3.63, 3.8) is 0 Å². The van der Waals surface area contributed by atoms with E-state index in [0.29, 0.717) is 0 Å². The quantitative estimate of drug-likeness (QED) is 0.264. The zero-order chi connectivity index (χ0) is 23.0. The molecule has 0 aliphatic heterocycles. The topological polar surface area (TPSA) is 40.5 Å². The lowest BCUT2D eigenvalue weighted by Gasteiger charge is -2.45. The van der Waals surface area contributed by atoms with Gasteiger partial charge in [-0.15, -0.1) is 0 Å². The van der Waals surface area contributed by atoms with Crippen molar-refractivity contribution in [3.05, 3.63) is 34.9 Å². The van der Waals surface area contributed by atoms with Crippen molar-refractivity contribution in [2.45, 2.75) is 117 Å². The first-order chi connectivity index (χ1) is 14.0. The van der Waals surface area contributed by atoms with Crippen LogP contribution in [0.25, 0.3) is 0 Å². The van der Waals surface area contributed by atoms with Gasteiger partial charge < -0.3 is 10.2 Å². The van der Waals surface area contributed by atoms with Gasteiger partial charge in [0.25, 0.3) is 0 Å². The van der Waals surface area contributed by atoms with Gasteiger partial charge in [0.15, 0.2) is 0 Å². The van der Waals surface area contributed by atoms with E-state index in [1.54, 1.807) is 0 Å². The van der Waals surface area contributed by atoms with E-state index in [9.17, 15) is 10.2 Å². The molecule has 2 nitrogen and oxygen atoms in total. The minimum absolute atomic E-state index is 0.217. The second kappa shape index (κ2) is 11.9. The lowest BCUT2D eigenvalue weighted by molar-refractivity contribution is -0.115. The molecule has 0 heterocycles. The Balaban J connectivity index is 0.000000553. The van der Waals surface area contributed by atoms with Crippen LogP contribution in [0.4, 0.5) is 0 Å². The van der Waals surface area contributed by atoms with Crippen molar-refractivity contribution in [1.29, 1.82) is 0 Å². The fraction of sp³-hybridized carbons (Fsp3) is 0.778. The maximum atomic E-state index is 12.0. The Morgan fingerprint density at radius 2 is 1.60 bits per heavy atom. The summed E-state index contributed by atoms with van der Waals surface area (Å²) in [5.41, 5.74) is 1.07. The fourth-order valence-electron chi connectivity index (χ4n) is 5.21. The van der Waals surface area contributed by atoms with E-state index >= 15 is 0 Å². The number of benzene rings is 1. The molecule has 0 radical (unpaired) electrons. The van der Waals surface area contributed by atoms with Gasteiger partial charge in [0.05, 0.1) is 11.2 Å². The second-order valence-corrected chi connectivity index (χ2v) is 10.7. The predicted octanol–water partition coefficient (Wildman–Crippen LogP) is 7.40. The molecule has 3 heteroatoms. The van der Waals surface area contributed by atoms with Crippen molar-refractivity contribution in [2.24, 2.45) is 11.3 Å². The van der Waals surface area contributed by atoms with E-state index in [1.165, 1.54) is 31.2 Å². The van der Waals surface area contributed by atoms with Crippen molar-refractivity contribution in [2.75, 3.05) is 5.75 Å². The fourth-order valence-corrected chi connectivity index (χ4v) is 5.43. The number of aliphatic hydroxyl groups is 2. The van der Waals surface area contributed by atoms with Crippen LogP contribution >= 0.6 is 12.6 Å². The molecule has 30 heavy (non-hydrogen) atoms. The van der Waals surface area contributed by atoms with E-state index < -0.39 is 11.2 Å². The highest BCUT2D eigenvalue weighted by Crippen LogP contribution is 2.57. The molecule has 1 aliphatic rings. The van der Waals surface area contributed by atoms with Gasteiger partial charge in [0.2, 0.25) is 0 Å². The van der Waals surface area contributed by atoms with Gasteiger partial charge in [-0.2, -0.15) is 12.6 Å². The first kappa shape index (κ1) is 27.5. The van der Waals surface area contributed by atoms with Crippen molar-refractivity contribution in [1.82, 2.24) is 0 Å². The van der Waals surface area contributed by atoms with Gasteiger partial charge in [-0.1, -0.05) is 84.9 Å². The number of fused-ring (bicyclic) bond motifs is 1. The SMILES string of the molecule is CCCC(CCC)C1(O)c2c(cccc2C(C)(C)O)CC1(C)C.CCCCCCS. The Labute approximate surface area is 192 Å². The molecule has 0 aromatic heterocycles. The molecule has 1 atom stereocenters. The molecule has 0 fully saturated rings. The highest BCUT2D eigenvalue weighted by Gasteiger charge is 2.56. The van der Waals surface area contributed by atoms with Gasteiger partial charge in [0.1, 0.15) is 0 Å². The van der Waals surface area contributed by atoms with Crippen LogP contribution < -0.4 is 0 Å². The Bertz CT molecular complexity index is 622. The van der Waals surface area contributed by atoms with Gasteiger partial charge in [-0.05, 0) is 67.9 Å². The number of hydrogen-bond donors (Lipinski definition) is 3. The van der Waals surface area contributed by atoms with E-state index in [1.807, 2.05) is 26.0 Å². The third kappa shape index (κ3) is 6.26. The van der Waals surface area contributed by atoms with Crippen LogP contribution in [-0.2, 0) is 17.6 Å². The molecule has 0 amide bonds. The van der Waals surface area contributed by atoms with Gasteiger partial charge in [-0.3, -0.25) is 0 Å². The molecular weight excluding hydrogens is 388 g/mol. The lowest BCUT2D eigenvalue weighted by Crippen LogP contribution is -2.46. The normalized spacial score (nSPS) is 20.1. The summed E-state index contributed by atoms with van der Waals surface area (Å²) in [7, 11) is 0. The third-order valence-corrected chi connectivity index (χ3v) is 7.05. The summed E-state index contributed by atoms with van der Waals surface area (Å²) in [5, 5.41) is 22.7. The molecule has 0 saturated carbocycles. The number of rotatable bonds is 10. The molecule has 0 bridgehead atoms. The summed E-state index contributed by atoms with van der Waals surface area (Å²) in [5.74, 6) is 1.29. The number of thiol groups is 1. The largest absolute Gasteiger partial charge is 0.386 e. The molecule has 174 valence electrons. The second-order valence-electron chi connectivity index (χ2n) is 10.3. The summed E-state index contributed by atoms with van der Waals surface area (Å²) >= 11 is 4.09. The Kier molecular flexibility index (Phi) is 10.9. The first-order valence-corrected chi connectivity index (χ1v) is 12.8. The van der Waals surface area contributed by atoms with Gasteiger partial charge >= 0.3 is 0 Å². The Morgan fingerprint density at radius 1 is 1.00 bits per heavy atom. The monoisotopic (exact) mass is 436 g/mol. The van der Waals surface area contributed by atoms with Crippen LogP contribution in [0.1, 0.15) is 117 Å². The standard InChI is InChI=1S/C21H34O2.C6H14S/c1-7-10-16(11-8-2)21(23)18-15(14-19(21,3)4)12-9-13-17(18)20(5,6)22;1-2-3-4-5-6-7/h9,12-13,16,22-23H,7-8,10-11,14H2,1-6H3;7H,2-6H2,1H3. The number of hydrogen-bond acceptors (Lipinski definition) is 3. The molecule has 2 N–H and O–H groups in total. The summed E-state index contributed by atoms with van der Waals surface area (Å²) in [6.07, 6.45) is 10.4. The average molecular weight is 437 g/mol. The molecular formula is C27H48O2S. The minimum Gasteiger partial charge on any atom is -0.386 e. The zero-order valence-corrected chi connectivity index (χ0v) is 21.6. The predicted molar refractivity (Wildman–Crippen MR) is 134 cm³/mol. The maximum Gasteiger partial charge on any atom is 0.0984 e. The highest BCUT2D eigenvalue weighted by atomic mass is 32.1. The van der Waals surface area contributed by atoms with E-state index in [4.69, 9.17) is 0 Å². The van der Waals surface area contributed by atoms with Crippen molar-refractivity contribution >= 4 is 12.6 Å². The summed E-state index contributed by atoms with van der Waals surface area (Å²) < 4.78 is 0. The van der Waals surface area contributed by atoms with Crippen LogP contribution in [0.2, 0.25) is 0 Å². The smallest absolute Gasteiger partial charge is 0.0984 e. The zero-order valence-electron chi connectivity index (χ0n) is 20.7. The highest BCUT2D eigenvalue weighted by molar-refractivity contribution is 7.80. The molecule has 1 aliphatic carbocycles. The molecule has 1 aromatic rings. The molecule has 1 aromatic carbocycles. The Hall–Kier alpha value is -0.510. The third-order valence-electron chi connectivity index (χ3n) is 6.73. The lowest BCUT2D eigenvalue weighted by atomic mass is 9.64. The van der Waals surface area contributed by atoms with Crippen molar-refractivity contribution < 1.29 is 10.2 Å². The van der Waals surface area contributed by atoms with Crippen LogP contribution in [0.3, 0.4) is 0 Å². The Morgan fingerprint density at radius 3 is 2.07 bits per heavy atom. The van der Waals surface area contributed by atoms with Gasteiger partial charge in [-0.25, -0.2) is 0 Å². The molecule has 2 rings (SSSR count). The maximum absolute atomic E-state index is 12.0. The number of unbranched alkanes of at least 4 members (excludes halogenated alkanes) is 3. The summed E-state index contributed by atoms with van der Waals surface area (Å²) in [4.78, 5) is 0. The summed E-state index contributed by atoms with van der Waals surface area (Å²) in [6.45, 7) is 14.6. The molecule has 0 spiro atoms. The molecule has 1 unspecified atom stereocenters. The van der Waals surface area contributed by atoms with Crippen molar-refractivity contribution in [3.8, 4) is 0 Å². The van der Waals surface area contributed by atoms with E-state index in [2.05, 4.69) is 53.3 Å². The molecule has 0 saturated heterocycles. The average Bonchev–Trinajstić information content (AvgIpc) is 2.88.